The maximum atomic E-state index is 13.6. The van der Waals surface area contributed by atoms with Crippen molar-refractivity contribution in [3.63, 3.8) is 0 Å². The van der Waals surface area contributed by atoms with Gasteiger partial charge in [-0.1, -0.05) is 73.0 Å². The molecule has 4 rings (SSSR count). The van der Waals surface area contributed by atoms with Crippen molar-refractivity contribution in [2.45, 2.75) is 55.5 Å². The lowest BCUT2D eigenvalue weighted by atomic mass is 9.95. The van der Waals surface area contributed by atoms with Crippen LogP contribution in [0, 0.1) is 0 Å². The number of nitrogens with zero attached hydrogens (tertiary/aromatic N) is 4. The Labute approximate surface area is 215 Å². The molecule has 7 nitrogen and oxygen atoms in total. The number of thioether (sulfide) groups is 1. The summed E-state index contributed by atoms with van der Waals surface area (Å²) in [6, 6.07) is 17.0. The molecule has 1 N–H and O–H groups in total. The molecule has 1 aliphatic carbocycles. The molecule has 184 valence electrons. The number of aromatic nitrogens is 3. The van der Waals surface area contributed by atoms with Crippen LogP contribution < -0.4 is 10.2 Å². The first kappa shape index (κ1) is 25.3. The fourth-order valence-corrected chi connectivity index (χ4v) is 5.27. The van der Waals surface area contributed by atoms with Gasteiger partial charge >= 0.3 is 0 Å². The summed E-state index contributed by atoms with van der Waals surface area (Å²) in [5.74, 6) is 0.400. The van der Waals surface area contributed by atoms with Gasteiger partial charge in [-0.25, -0.2) is 0 Å². The first-order valence-electron chi connectivity index (χ1n) is 11.9. The molecule has 1 aliphatic rings. The van der Waals surface area contributed by atoms with Crippen molar-refractivity contribution in [2.24, 2.45) is 7.05 Å². The summed E-state index contributed by atoms with van der Waals surface area (Å²) >= 11 is 7.39. The predicted molar refractivity (Wildman–Crippen MR) is 141 cm³/mol. The summed E-state index contributed by atoms with van der Waals surface area (Å²) in [7, 11) is 1.89. The number of carbonyl (C=O) groups excluding carboxylic acids is 2. The first-order valence-corrected chi connectivity index (χ1v) is 13.2. The molecule has 0 bridgehead atoms. The van der Waals surface area contributed by atoms with Crippen molar-refractivity contribution in [3.8, 4) is 11.4 Å². The lowest BCUT2D eigenvalue weighted by molar-refractivity contribution is -0.124. The van der Waals surface area contributed by atoms with Crippen molar-refractivity contribution in [3.05, 3.63) is 59.6 Å². The highest BCUT2D eigenvalue weighted by Gasteiger charge is 2.28. The molecule has 1 saturated carbocycles. The Bertz CT molecular complexity index is 1150. The van der Waals surface area contributed by atoms with Crippen molar-refractivity contribution < 1.29 is 9.59 Å². The number of amides is 2. The van der Waals surface area contributed by atoms with E-state index in [4.69, 9.17) is 11.6 Å². The largest absolute Gasteiger partial charge is 0.352 e. The summed E-state index contributed by atoms with van der Waals surface area (Å²) in [5, 5.41) is 12.4. The van der Waals surface area contributed by atoms with E-state index >= 15 is 0 Å². The van der Waals surface area contributed by atoms with E-state index in [0.29, 0.717) is 15.9 Å². The molecule has 3 aromatic rings. The molecule has 35 heavy (non-hydrogen) atoms. The fraction of sp³-hybridized carbons (Fsp3) is 0.385. The normalized spacial score (nSPS) is 14.9. The highest BCUT2D eigenvalue weighted by molar-refractivity contribution is 8.00. The summed E-state index contributed by atoms with van der Waals surface area (Å²) in [4.78, 5) is 28.0. The minimum Gasteiger partial charge on any atom is -0.352 e. The van der Waals surface area contributed by atoms with Crippen LogP contribution in [0.5, 0.6) is 0 Å². The second-order valence-corrected chi connectivity index (χ2v) is 10.5. The van der Waals surface area contributed by atoms with E-state index in [9.17, 15) is 9.59 Å². The Balaban J connectivity index is 1.49. The van der Waals surface area contributed by atoms with Crippen LogP contribution >= 0.6 is 23.4 Å². The highest BCUT2D eigenvalue weighted by atomic mass is 35.5. The molecule has 0 saturated heterocycles. The molecule has 1 atom stereocenters. The third kappa shape index (κ3) is 6.44. The van der Waals surface area contributed by atoms with Crippen LogP contribution in [0.3, 0.4) is 0 Å². The third-order valence-electron chi connectivity index (χ3n) is 6.17. The third-order valence-corrected chi connectivity index (χ3v) is 7.55. The number of benzene rings is 2. The highest BCUT2D eigenvalue weighted by Crippen LogP contribution is 2.28. The molecule has 9 heteroatoms. The average Bonchev–Trinajstić information content (AvgIpc) is 3.23. The quantitative estimate of drug-likeness (QED) is 0.426. The van der Waals surface area contributed by atoms with Gasteiger partial charge in [0.1, 0.15) is 6.54 Å². The topological polar surface area (TPSA) is 80.1 Å². The van der Waals surface area contributed by atoms with Crippen LogP contribution in [0.2, 0.25) is 5.02 Å². The zero-order valence-electron chi connectivity index (χ0n) is 20.0. The summed E-state index contributed by atoms with van der Waals surface area (Å²) in [5.41, 5.74) is 1.59. The minimum atomic E-state index is -0.486. The van der Waals surface area contributed by atoms with Gasteiger partial charge in [-0.3, -0.25) is 9.59 Å². The van der Waals surface area contributed by atoms with Gasteiger partial charge < -0.3 is 14.8 Å². The molecule has 1 heterocycles. The Hall–Kier alpha value is -2.84. The molecule has 1 aromatic heterocycles. The van der Waals surface area contributed by atoms with Crippen LogP contribution in [-0.2, 0) is 16.6 Å². The Morgan fingerprint density at radius 3 is 2.46 bits per heavy atom. The average molecular weight is 512 g/mol. The molecule has 0 aliphatic heterocycles. The molecule has 0 unspecified atom stereocenters. The predicted octanol–water partition coefficient (Wildman–Crippen LogP) is 5.10. The fourth-order valence-electron chi connectivity index (χ4n) is 4.27. The number of hydrogen-bond donors (Lipinski definition) is 1. The number of halogens is 1. The molecular formula is C26H30ClN5O2S. The van der Waals surface area contributed by atoms with Crippen LogP contribution in [-0.4, -0.2) is 44.4 Å². The van der Waals surface area contributed by atoms with E-state index in [2.05, 4.69) is 15.5 Å². The van der Waals surface area contributed by atoms with Gasteiger partial charge in [-0.15, -0.1) is 10.2 Å². The van der Waals surface area contributed by atoms with E-state index in [-0.39, 0.29) is 24.4 Å². The van der Waals surface area contributed by atoms with Crippen LogP contribution in [0.25, 0.3) is 11.4 Å². The number of anilines is 1. The standard InChI is InChI=1S/C26H30ClN5O2S/c1-18(35-26-30-29-24(31(26)2)19-9-5-3-6-10-19)25(34)32(22-15-13-20(27)14-16-22)17-23(33)28-21-11-7-4-8-12-21/h3,5-6,9-10,13-16,18,21H,4,7-8,11-12,17H2,1-2H3,(H,28,33)/t18-/m1/s1. The SMILES string of the molecule is C[C@@H](Sc1nnc(-c2ccccc2)n1C)C(=O)N(CC(=O)NC1CCCCC1)c1ccc(Cl)cc1. The molecule has 1 fully saturated rings. The number of carbonyl (C=O) groups is 2. The van der Waals surface area contributed by atoms with Crippen molar-refractivity contribution in [1.82, 2.24) is 20.1 Å². The van der Waals surface area contributed by atoms with Crippen molar-refractivity contribution >= 4 is 40.9 Å². The first-order chi connectivity index (χ1) is 16.9. The Morgan fingerprint density at radius 1 is 1.09 bits per heavy atom. The number of hydrogen-bond acceptors (Lipinski definition) is 5. The van der Waals surface area contributed by atoms with Crippen LogP contribution in [0.4, 0.5) is 5.69 Å². The second-order valence-electron chi connectivity index (χ2n) is 8.79. The maximum Gasteiger partial charge on any atom is 0.240 e. The van der Waals surface area contributed by atoms with Crippen molar-refractivity contribution in [2.75, 3.05) is 11.4 Å². The molecular weight excluding hydrogens is 482 g/mol. The summed E-state index contributed by atoms with van der Waals surface area (Å²) in [6.07, 6.45) is 5.44. The van der Waals surface area contributed by atoms with Gasteiger partial charge in [0.05, 0.1) is 5.25 Å². The summed E-state index contributed by atoms with van der Waals surface area (Å²) in [6.45, 7) is 1.78. The van der Waals surface area contributed by atoms with E-state index in [1.165, 1.54) is 23.1 Å². The van der Waals surface area contributed by atoms with E-state index in [1.807, 2.05) is 48.9 Å². The molecule has 2 amide bonds. The van der Waals surface area contributed by atoms with Gasteiger partial charge in [0.15, 0.2) is 11.0 Å². The zero-order chi connectivity index (χ0) is 24.8. The Morgan fingerprint density at radius 2 is 1.77 bits per heavy atom. The smallest absolute Gasteiger partial charge is 0.240 e. The summed E-state index contributed by atoms with van der Waals surface area (Å²) < 4.78 is 1.88. The maximum absolute atomic E-state index is 13.6. The van der Waals surface area contributed by atoms with Gasteiger partial charge in [0.25, 0.3) is 0 Å². The van der Waals surface area contributed by atoms with Gasteiger partial charge in [0, 0.05) is 29.4 Å². The van der Waals surface area contributed by atoms with Crippen molar-refractivity contribution in [1.29, 1.82) is 0 Å². The van der Waals surface area contributed by atoms with Crippen LogP contribution in [0.1, 0.15) is 39.0 Å². The van der Waals surface area contributed by atoms with Gasteiger partial charge in [0.2, 0.25) is 11.8 Å². The number of nitrogens with one attached hydrogen (secondary N) is 1. The zero-order valence-corrected chi connectivity index (χ0v) is 21.6. The lowest BCUT2D eigenvalue weighted by Gasteiger charge is -2.27. The Kier molecular flexibility index (Phi) is 8.46. The number of rotatable bonds is 8. The minimum absolute atomic E-state index is 0.0457. The van der Waals surface area contributed by atoms with E-state index in [1.54, 1.807) is 24.3 Å². The monoisotopic (exact) mass is 511 g/mol. The second kappa shape index (κ2) is 11.7. The van der Waals surface area contributed by atoms with Gasteiger partial charge in [-0.05, 0) is 44.0 Å². The van der Waals surface area contributed by atoms with Crippen LogP contribution in [0.15, 0.2) is 59.8 Å². The van der Waals surface area contributed by atoms with E-state index in [0.717, 1.165) is 37.1 Å². The molecule has 0 spiro atoms. The lowest BCUT2D eigenvalue weighted by Crippen LogP contribution is -2.46. The molecule has 0 radical (unpaired) electrons. The molecule has 2 aromatic carbocycles. The van der Waals surface area contributed by atoms with Gasteiger partial charge in [-0.2, -0.15) is 0 Å². The van der Waals surface area contributed by atoms with E-state index < -0.39 is 5.25 Å².